The van der Waals surface area contributed by atoms with E-state index in [0.717, 1.165) is 17.2 Å². The molecule has 2 heterocycles. The van der Waals surface area contributed by atoms with E-state index in [4.69, 9.17) is 4.74 Å². The molecule has 1 fully saturated rings. The van der Waals surface area contributed by atoms with Gasteiger partial charge in [0.05, 0.1) is 5.56 Å². The number of H-pyrrole nitrogens is 1. The summed E-state index contributed by atoms with van der Waals surface area (Å²) in [5.41, 5.74) is 0.954. The highest BCUT2D eigenvalue weighted by Crippen LogP contribution is 2.37. The lowest BCUT2D eigenvalue weighted by molar-refractivity contribution is -0.137. The van der Waals surface area contributed by atoms with Gasteiger partial charge < -0.3 is 15.0 Å². The quantitative estimate of drug-likeness (QED) is 0.868. The van der Waals surface area contributed by atoms with Crippen molar-refractivity contribution in [3.05, 3.63) is 59.4 Å². The predicted octanol–water partition coefficient (Wildman–Crippen LogP) is 3.87. The summed E-state index contributed by atoms with van der Waals surface area (Å²) in [7, 11) is 0. The van der Waals surface area contributed by atoms with Crippen molar-refractivity contribution < 1.29 is 17.9 Å². The maximum absolute atomic E-state index is 13.1. The Balaban J connectivity index is 1.80. The lowest BCUT2D eigenvalue weighted by Crippen LogP contribution is -2.42. The van der Waals surface area contributed by atoms with Crippen LogP contribution in [0.15, 0.2) is 42.7 Å². The van der Waals surface area contributed by atoms with Gasteiger partial charge in [-0.1, -0.05) is 18.2 Å². The van der Waals surface area contributed by atoms with E-state index in [2.05, 4.69) is 10.3 Å². The summed E-state index contributed by atoms with van der Waals surface area (Å²) in [5.74, 6) is 0. The predicted molar refractivity (Wildman–Crippen MR) is 85.7 cm³/mol. The van der Waals surface area contributed by atoms with Crippen LogP contribution in [0.25, 0.3) is 0 Å². The molecule has 0 spiro atoms. The van der Waals surface area contributed by atoms with Gasteiger partial charge in [-0.15, -0.1) is 0 Å². The Morgan fingerprint density at radius 2 is 1.96 bits per heavy atom. The maximum atomic E-state index is 13.1. The summed E-state index contributed by atoms with van der Waals surface area (Å²) in [4.78, 5) is 3.00. The fourth-order valence-electron chi connectivity index (χ4n) is 3.27. The summed E-state index contributed by atoms with van der Waals surface area (Å²) >= 11 is 0. The molecule has 1 saturated heterocycles. The summed E-state index contributed by atoms with van der Waals surface area (Å²) in [5, 5.41) is 3.40. The molecule has 24 heavy (non-hydrogen) atoms. The Labute approximate surface area is 139 Å². The molecule has 2 N–H and O–H groups in total. The highest BCUT2D eigenvalue weighted by molar-refractivity contribution is 5.33. The Hall–Kier alpha value is -1.79. The third-order valence-electron chi connectivity index (χ3n) is 4.71. The largest absolute Gasteiger partial charge is 0.416 e. The van der Waals surface area contributed by atoms with Gasteiger partial charge in [-0.05, 0) is 36.1 Å². The van der Waals surface area contributed by atoms with Gasteiger partial charge in [0.25, 0.3) is 0 Å². The Morgan fingerprint density at radius 1 is 1.17 bits per heavy atom. The molecule has 0 atom stereocenters. The number of hydrogen-bond acceptors (Lipinski definition) is 2. The normalized spacial score (nSPS) is 17.8. The molecule has 0 bridgehead atoms. The number of alkyl halides is 3. The summed E-state index contributed by atoms with van der Waals surface area (Å²) in [6, 6.07) is 7.71. The number of hydrogen-bond donors (Lipinski definition) is 2. The van der Waals surface area contributed by atoms with Crippen molar-refractivity contribution >= 4 is 0 Å². The number of halogens is 3. The minimum atomic E-state index is -4.32. The molecule has 1 aromatic carbocycles. The van der Waals surface area contributed by atoms with Crippen molar-refractivity contribution in [2.75, 3.05) is 19.8 Å². The molecular formula is C18H21F3N2O. The van der Waals surface area contributed by atoms with Crippen LogP contribution in [-0.4, -0.2) is 24.7 Å². The van der Waals surface area contributed by atoms with Crippen molar-refractivity contribution in [1.29, 1.82) is 0 Å². The van der Waals surface area contributed by atoms with Crippen LogP contribution in [0.1, 0.15) is 29.5 Å². The van der Waals surface area contributed by atoms with Gasteiger partial charge in [-0.2, -0.15) is 13.2 Å². The fourth-order valence-corrected chi connectivity index (χ4v) is 3.27. The maximum Gasteiger partial charge on any atom is 0.416 e. The minimum absolute atomic E-state index is 0.324. The summed E-state index contributed by atoms with van der Waals surface area (Å²) < 4.78 is 44.6. The van der Waals surface area contributed by atoms with Crippen LogP contribution in [0, 0.1) is 0 Å². The van der Waals surface area contributed by atoms with Gasteiger partial charge in [0.1, 0.15) is 0 Å². The van der Waals surface area contributed by atoms with Crippen molar-refractivity contribution in [3.63, 3.8) is 0 Å². The van der Waals surface area contributed by atoms with E-state index in [1.54, 1.807) is 6.07 Å². The van der Waals surface area contributed by atoms with Crippen LogP contribution in [0.3, 0.4) is 0 Å². The van der Waals surface area contributed by atoms with Crippen molar-refractivity contribution in [1.82, 2.24) is 10.3 Å². The molecular weight excluding hydrogens is 317 g/mol. The van der Waals surface area contributed by atoms with Crippen LogP contribution in [-0.2, 0) is 22.9 Å². The molecule has 3 nitrogen and oxygen atoms in total. The smallest absolute Gasteiger partial charge is 0.381 e. The number of aromatic amines is 1. The monoisotopic (exact) mass is 338 g/mol. The molecule has 0 radical (unpaired) electrons. The first-order valence-electron chi connectivity index (χ1n) is 8.08. The number of rotatable bonds is 5. The molecule has 1 aromatic heterocycles. The molecule has 0 unspecified atom stereocenters. The van der Waals surface area contributed by atoms with E-state index < -0.39 is 11.7 Å². The molecule has 3 rings (SSSR count). The molecule has 1 aliphatic rings. The van der Waals surface area contributed by atoms with Crippen molar-refractivity contribution in [2.24, 2.45) is 0 Å². The highest BCUT2D eigenvalue weighted by Gasteiger charge is 2.37. The number of ether oxygens (including phenoxy) is 1. The van der Waals surface area contributed by atoms with E-state index in [9.17, 15) is 13.2 Å². The Morgan fingerprint density at radius 3 is 2.62 bits per heavy atom. The number of benzene rings is 1. The molecule has 2 aromatic rings. The zero-order chi connectivity index (χ0) is 17.0. The zero-order valence-corrected chi connectivity index (χ0v) is 13.3. The molecule has 0 aliphatic carbocycles. The van der Waals surface area contributed by atoms with Crippen LogP contribution in [0.4, 0.5) is 13.2 Å². The SMILES string of the molecule is FC(F)(F)c1cccc(C2(CNCc3cc[nH]c3)CCOCC2)c1. The number of nitrogens with one attached hydrogen (secondary N) is 2. The molecule has 6 heteroatoms. The van der Waals surface area contributed by atoms with E-state index in [0.29, 0.717) is 39.1 Å². The Kier molecular flexibility index (Phi) is 4.96. The highest BCUT2D eigenvalue weighted by atomic mass is 19.4. The third-order valence-corrected chi connectivity index (χ3v) is 4.71. The summed E-state index contributed by atoms with van der Waals surface area (Å²) in [6.45, 7) is 2.46. The molecule has 0 amide bonds. The van der Waals surface area contributed by atoms with Crippen LogP contribution in [0.2, 0.25) is 0 Å². The van der Waals surface area contributed by atoms with E-state index in [1.807, 2.05) is 18.5 Å². The second kappa shape index (κ2) is 6.99. The first-order valence-corrected chi connectivity index (χ1v) is 8.08. The Bertz CT molecular complexity index is 647. The van der Waals surface area contributed by atoms with Crippen molar-refractivity contribution in [3.8, 4) is 0 Å². The minimum Gasteiger partial charge on any atom is -0.381 e. The third kappa shape index (κ3) is 3.82. The lowest BCUT2D eigenvalue weighted by atomic mass is 9.73. The van der Waals surface area contributed by atoms with E-state index in [1.165, 1.54) is 12.1 Å². The van der Waals surface area contributed by atoms with Crippen LogP contribution >= 0.6 is 0 Å². The molecule has 1 aliphatic heterocycles. The van der Waals surface area contributed by atoms with Gasteiger partial charge in [-0.25, -0.2) is 0 Å². The topological polar surface area (TPSA) is 37.0 Å². The first-order chi connectivity index (χ1) is 11.5. The van der Waals surface area contributed by atoms with Crippen LogP contribution in [0.5, 0.6) is 0 Å². The van der Waals surface area contributed by atoms with Crippen molar-refractivity contribution in [2.45, 2.75) is 31.0 Å². The van der Waals surface area contributed by atoms with Gasteiger partial charge in [-0.3, -0.25) is 0 Å². The second-order valence-corrected chi connectivity index (χ2v) is 6.29. The first kappa shape index (κ1) is 17.0. The van der Waals surface area contributed by atoms with E-state index >= 15 is 0 Å². The molecule has 130 valence electrons. The standard InChI is InChI=1S/C18H21F3N2O/c19-18(20,21)16-3-1-2-15(10-16)17(5-8-24-9-6-17)13-23-12-14-4-7-22-11-14/h1-4,7,10-11,22-23H,5-6,8-9,12-13H2. The summed E-state index contributed by atoms with van der Waals surface area (Å²) in [6.07, 6.45) is 0.881. The van der Waals surface area contributed by atoms with Gasteiger partial charge in [0, 0.05) is 44.1 Å². The average Bonchev–Trinajstić information content (AvgIpc) is 3.08. The van der Waals surface area contributed by atoms with Crippen LogP contribution < -0.4 is 5.32 Å². The number of aromatic nitrogens is 1. The van der Waals surface area contributed by atoms with E-state index in [-0.39, 0.29) is 5.41 Å². The average molecular weight is 338 g/mol. The zero-order valence-electron chi connectivity index (χ0n) is 13.3. The van der Waals surface area contributed by atoms with Gasteiger partial charge in [0.15, 0.2) is 0 Å². The molecule has 0 saturated carbocycles. The van der Waals surface area contributed by atoms with Gasteiger partial charge in [0.2, 0.25) is 0 Å². The fraction of sp³-hybridized carbons (Fsp3) is 0.444. The lowest BCUT2D eigenvalue weighted by Gasteiger charge is -2.38. The van der Waals surface area contributed by atoms with Gasteiger partial charge >= 0.3 is 6.18 Å². The second-order valence-electron chi connectivity index (χ2n) is 6.29.